The Morgan fingerprint density at radius 3 is 2.05 bits per heavy atom. The van der Waals surface area contributed by atoms with Gasteiger partial charge in [0, 0.05) is 12.6 Å². The summed E-state index contributed by atoms with van der Waals surface area (Å²) in [6.07, 6.45) is 0. The van der Waals surface area contributed by atoms with Gasteiger partial charge in [0.25, 0.3) is 0 Å². The lowest BCUT2D eigenvalue weighted by molar-refractivity contribution is 0.569. The zero-order valence-corrected chi connectivity index (χ0v) is 12.3. The first-order valence-electron chi connectivity index (χ1n) is 6.93. The van der Waals surface area contributed by atoms with Crippen molar-refractivity contribution < 1.29 is 0 Å². The molecule has 0 fully saturated rings. The third-order valence-corrected chi connectivity index (χ3v) is 3.88. The van der Waals surface area contributed by atoms with Gasteiger partial charge in [0.1, 0.15) is 0 Å². The van der Waals surface area contributed by atoms with E-state index >= 15 is 0 Å². The molecule has 0 saturated heterocycles. The van der Waals surface area contributed by atoms with Crippen LogP contribution in [0.3, 0.4) is 0 Å². The zero-order valence-electron chi connectivity index (χ0n) is 12.3. The van der Waals surface area contributed by atoms with Gasteiger partial charge >= 0.3 is 0 Å². The highest BCUT2D eigenvalue weighted by Gasteiger charge is 2.08. The molecule has 0 aliphatic heterocycles. The second-order valence-electron chi connectivity index (χ2n) is 5.33. The lowest BCUT2D eigenvalue weighted by Gasteiger charge is -2.18. The Morgan fingerprint density at radius 2 is 1.42 bits per heavy atom. The van der Waals surface area contributed by atoms with Gasteiger partial charge in [0.15, 0.2) is 0 Å². The van der Waals surface area contributed by atoms with Gasteiger partial charge < -0.3 is 5.32 Å². The summed E-state index contributed by atoms with van der Waals surface area (Å²) in [4.78, 5) is 0. The van der Waals surface area contributed by atoms with E-state index in [1.165, 1.54) is 27.8 Å². The highest BCUT2D eigenvalue weighted by Crippen LogP contribution is 2.19. The molecule has 1 nitrogen and oxygen atoms in total. The van der Waals surface area contributed by atoms with Crippen LogP contribution in [0.2, 0.25) is 0 Å². The van der Waals surface area contributed by atoms with Gasteiger partial charge in [-0.2, -0.15) is 0 Å². The molecule has 0 saturated carbocycles. The highest BCUT2D eigenvalue weighted by molar-refractivity contribution is 5.34. The maximum absolute atomic E-state index is 3.64. The van der Waals surface area contributed by atoms with Gasteiger partial charge in [-0.05, 0) is 55.5 Å². The van der Waals surface area contributed by atoms with Crippen LogP contribution in [0.25, 0.3) is 0 Å². The lowest BCUT2D eigenvalue weighted by atomic mass is 10.0. The molecule has 19 heavy (non-hydrogen) atoms. The smallest absolute Gasteiger partial charge is 0.0297 e. The van der Waals surface area contributed by atoms with Crippen molar-refractivity contribution in [1.29, 1.82) is 0 Å². The predicted molar refractivity (Wildman–Crippen MR) is 82.3 cm³/mol. The molecular formula is C18H23N. The van der Waals surface area contributed by atoms with E-state index in [0.29, 0.717) is 6.04 Å². The molecule has 0 spiro atoms. The first-order chi connectivity index (χ1) is 9.09. The van der Waals surface area contributed by atoms with Crippen LogP contribution < -0.4 is 5.32 Å². The quantitative estimate of drug-likeness (QED) is 0.848. The largest absolute Gasteiger partial charge is 0.306 e. The number of benzene rings is 2. The summed E-state index contributed by atoms with van der Waals surface area (Å²) in [6.45, 7) is 9.70. The van der Waals surface area contributed by atoms with E-state index in [1.807, 2.05) is 0 Å². The molecule has 0 bridgehead atoms. The fraction of sp³-hybridized carbons (Fsp3) is 0.333. The van der Waals surface area contributed by atoms with E-state index in [9.17, 15) is 0 Å². The summed E-state index contributed by atoms with van der Waals surface area (Å²) in [6, 6.07) is 15.4. The molecule has 2 aromatic carbocycles. The molecule has 1 N–H and O–H groups in total. The maximum atomic E-state index is 3.64. The second kappa shape index (κ2) is 6.03. The third-order valence-electron chi connectivity index (χ3n) is 3.88. The summed E-state index contributed by atoms with van der Waals surface area (Å²) >= 11 is 0. The summed E-state index contributed by atoms with van der Waals surface area (Å²) in [5, 5.41) is 3.64. The van der Waals surface area contributed by atoms with Crippen molar-refractivity contribution >= 4 is 0 Å². The normalized spacial score (nSPS) is 12.4. The Bertz CT molecular complexity index is 537. The fourth-order valence-corrected chi connectivity index (χ4v) is 2.57. The number of hydrogen-bond acceptors (Lipinski definition) is 1. The lowest BCUT2D eigenvalue weighted by Crippen LogP contribution is -2.20. The molecule has 1 atom stereocenters. The van der Waals surface area contributed by atoms with E-state index in [2.05, 4.69) is 75.5 Å². The van der Waals surface area contributed by atoms with E-state index < -0.39 is 0 Å². The van der Waals surface area contributed by atoms with Crippen molar-refractivity contribution in [2.24, 2.45) is 0 Å². The third kappa shape index (κ3) is 3.24. The fourth-order valence-electron chi connectivity index (χ4n) is 2.57. The number of aryl methyl sites for hydroxylation is 3. The summed E-state index contributed by atoms with van der Waals surface area (Å²) < 4.78 is 0. The van der Waals surface area contributed by atoms with E-state index in [-0.39, 0.29) is 0 Å². The van der Waals surface area contributed by atoms with E-state index in [1.54, 1.807) is 0 Å². The van der Waals surface area contributed by atoms with Crippen molar-refractivity contribution in [2.45, 2.75) is 40.3 Å². The van der Waals surface area contributed by atoms with Gasteiger partial charge in [-0.25, -0.2) is 0 Å². The molecular weight excluding hydrogens is 230 g/mol. The van der Waals surface area contributed by atoms with Crippen LogP contribution in [-0.2, 0) is 6.54 Å². The van der Waals surface area contributed by atoms with Gasteiger partial charge in [0.05, 0.1) is 0 Å². The second-order valence-corrected chi connectivity index (χ2v) is 5.33. The van der Waals surface area contributed by atoms with E-state index in [0.717, 1.165) is 6.54 Å². The summed E-state index contributed by atoms with van der Waals surface area (Å²) in [5.41, 5.74) is 6.88. The number of nitrogens with one attached hydrogen (secondary N) is 1. The molecule has 0 amide bonds. The van der Waals surface area contributed by atoms with Crippen LogP contribution >= 0.6 is 0 Å². The van der Waals surface area contributed by atoms with Crippen LogP contribution in [0.1, 0.15) is 40.8 Å². The topological polar surface area (TPSA) is 12.0 Å². The van der Waals surface area contributed by atoms with Crippen molar-refractivity contribution in [2.75, 3.05) is 0 Å². The van der Waals surface area contributed by atoms with Gasteiger partial charge in [-0.1, -0.05) is 42.5 Å². The van der Waals surface area contributed by atoms with Crippen LogP contribution in [-0.4, -0.2) is 0 Å². The molecule has 2 rings (SSSR count). The molecule has 1 unspecified atom stereocenters. The molecule has 0 aromatic heterocycles. The number of hydrogen-bond donors (Lipinski definition) is 1. The maximum Gasteiger partial charge on any atom is 0.0297 e. The van der Waals surface area contributed by atoms with Crippen LogP contribution in [0.4, 0.5) is 0 Å². The van der Waals surface area contributed by atoms with Crippen molar-refractivity contribution in [3.8, 4) is 0 Å². The SMILES string of the molecule is Cc1ccccc1C(C)NCc1c(C)cccc1C. The zero-order chi connectivity index (χ0) is 13.8. The highest BCUT2D eigenvalue weighted by atomic mass is 14.9. The summed E-state index contributed by atoms with van der Waals surface area (Å²) in [7, 11) is 0. The van der Waals surface area contributed by atoms with E-state index in [4.69, 9.17) is 0 Å². The van der Waals surface area contributed by atoms with Gasteiger partial charge in [0.2, 0.25) is 0 Å². The minimum absolute atomic E-state index is 0.375. The summed E-state index contributed by atoms with van der Waals surface area (Å²) in [5.74, 6) is 0. The Hall–Kier alpha value is -1.60. The van der Waals surface area contributed by atoms with Crippen LogP contribution in [0, 0.1) is 20.8 Å². The first-order valence-corrected chi connectivity index (χ1v) is 6.93. The van der Waals surface area contributed by atoms with Crippen LogP contribution in [0.5, 0.6) is 0 Å². The monoisotopic (exact) mass is 253 g/mol. The molecule has 2 aromatic rings. The molecule has 0 aliphatic rings. The van der Waals surface area contributed by atoms with Crippen molar-refractivity contribution in [3.63, 3.8) is 0 Å². The van der Waals surface area contributed by atoms with Gasteiger partial charge in [-0.15, -0.1) is 0 Å². The average Bonchev–Trinajstić information content (AvgIpc) is 2.38. The van der Waals surface area contributed by atoms with Gasteiger partial charge in [-0.3, -0.25) is 0 Å². The molecule has 0 aliphatic carbocycles. The molecule has 1 heteroatoms. The van der Waals surface area contributed by atoms with Crippen molar-refractivity contribution in [3.05, 3.63) is 70.3 Å². The van der Waals surface area contributed by atoms with Crippen molar-refractivity contribution in [1.82, 2.24) is 5.32 Å². The average molecular weight is 253 g/mol. The minimum Gasteiger partial charge on any atom is -0.306 e. The standard InChI is InChI=1S/C18H23N/c1-13-8-5-6-11-17(13)16(4)19-12-18-14(2)9-7-10-15(18)3/h5-11,16,19H,12H2,1-4H3. The Morgan fingerprint density at radius 1 is 0.842 bits per heavy atom. The number of rotatable bonds is 4. The first kappa shape index (κ1) is 13.8. The Labute approximate surface area is 116 Å². The molecule has 0 heterocycles. The molecule has 0 radical (unpaired) electrons. The Kier molecular flexibility index (Phi) is 4.39. The van der Waals surface area contributed by atoms with Crippen LogP contribution in [0.15, 0.2) is 42.5 Å². The predicted octanol–water partition coefficient (Wildman–Crippen LogP) is 4.46. The minimum atomic E-state index is 0.375. The molecule has 100 valence electrons. The Balaban J connectivity index is 2.09.